The van der Waals surface area contributed by atoms with E-state index in [2.05, 4.69) is 27.5 Å². The number of hydrogen-bond acceptors (Lipinski definition) is 4. The number of nitrogens with zero attached hydrogens (tertiary/aromatic N) is 5. The Morgan fingerprint density at radius 2 is 2.00 bits per heavy atom. The summed E-state index contributed by atoms with van der Waals surface area (Å²) in [6.45, 7) is 0.0172. The van der Waals surface area contributed by atoms with Crippen LogP contribution in [0.3, 0.4) is 0 Å². The highest BCUT2D eigenvalue weighted by Gasteiger charge is 2.26. The second-order valence-electron chi connectivity index (χ2n) is 6.76. The lowest BCUT2D eigenvalue weighted by molar-refractivity contribution is -0.133. The molecule has 1 aliphatic carbocycles. The van der Waals surface area contributed by atoms with Gasteiger partial charge >= 0.3 is 0 Å². The molecule has 1 atom stereocenters. The summed E-state index contributed by atoms with van der Waals surface area (Å²) >= 11 is 0. The monoisotopic (exact) mass is 365 g/mol. The Hall–Kier alpha value is -3.09. The molecule has 1 amide bonds. The molecule has 0 radical (unpaired) electrons. The number of benzene rings is 2. The molecule has 0 saturated carbocycles. The van der Waals surface area contributed by atoms with Gasteiger partial charge in [-0.1, -0.05) is 24.3 Å². The van der Waals surface area contributed by atoms with Gasteiger partial charge < -0.3 is 4.90 Å². The Balaban J connectivity index is 1.47. The summed E-state index contributed by atoms with van der Waals surface area (Å²) in [5, 5.41) is 12.2. The molecule has 27 heavy (non-hydrogen) atoms. The van der Waals surface area contributed by atoms with E-state index in [-0.39, 0.29) is 24.3 Å². The number of carbonyl (C=O) groups excluding carboxylic acids is 1. The highest BCUT2D eigenvalue weighted by atomic mass is 19.1. The van der Waals surface area contributed by atoms with Crippen LogP contribution in [0.2, 0.25) is 0 Å². The van der Waals surface area contributed by atoms with Gasteiger partial charge in [0, 0.05) is 12.6 Å². The number of aromatic nitrogens is 4. The van der Waals surface area contributed by atoms with Crippen molar-refractivity contribution in [2.45, 2.75) is 31.8 Å². The van der Waals surface area contributed by atoms with E-state index in [0.717, 1.165) is 19.3 Å². The van der Waals surface area contributed by atoms with Crippen molar-refractivity contribution in [1.29, 1.82) is 0 Å². The maximum Gasteiger partial charge on any atom is 0.246 e. The molecule has 4 rings (SSSR count). The number of fused-ring (bicyclic) bond motifs is 1. The largest absolute Gasteiger partial charge is 0.337 e. The number of hydrogen-bond donors (Lipinski definition) is 0. The van der Waals surface area contributed by atoms with Crippen molar-refractivity contribution in [3.05, 3.63) is 65.5 Å². The predicted molar refractivity (Wildman–Crippen MR) is 98.1 cm³/mol. The number of amides is 1. The minimum atomic E-state index is -0.323. The first-order chi connectivity index (χ1) is 13.1. The summed E-state index contributed by atoms with van der Waals surface area (Å²) in [5.41, 5.74) is 3.19. The van der Waals surface area contributed by atoms with E-state index in [1.54, 1.807) is 17.0 Å². The highest BCUT2D eigenvalue weighted by molar-refractivity contribution is 5.76. The summed E-state index contributed by atoms with van der Waals surface area (Å²) in [7, 11) is 1.83. The molecular weight excluding hydrogens is 345 g/mol. The van der Waals surface area contributed by atoms with Crippen molar-refractivity contribution in [3.8, 4) is 11.4 Å². The molecule has 2 aromatic carbocycles. The van der Waals surface area contributed by atoms with Gasteiger partial charge in [-0.25, -0.2) is 4.39 Å². The summed E-state index contributed by atoms with van der Waals surface area (Å²) in [4.78, 5) is 15.8. The Morgan fingerprint density at radius 1 is 1.22 bits per heavy atom. The van der Waals surface area contributed by atoms with Gasteiger partial charge in [0.1, 0.15) is 12.4 Å². The molecule has 3 aromatic rings. The lowest BCUT2D eigenvalue weighted by atomic mass is 9.87. The Bertz CT molecular complexity index is 953. The molecule has 7 heteroatoms. The fraction of sp³-hybridized carbons (Fsp3) is 0.300. The van der Waals surface area contributed by atoms with E-state index in [0.29, 0.717) is 11.4 Å². The minimum absolute atomic E-state index is 0.0172. The van der Waals surface area contributed by atoms with Gasteiger partial charge in [-0.05, 0) is 59.9 Å². The van der Waals surface area contributed by atoms with E-state index in [1.807, 2.05) is 19.2 Å². The molecule has 6 nitrogen and oxygen atoms in total. The summed E-state index contributed by atoms with van der Waals surface area (Å²) < 4.78 is 13.0. The molecule has 138 valence electrons. The zero-order valence-electron chi connectivity index (χ0n) is 15.0. The third-order valence-corrected chi connectivity index (χ3v) is 5.03. The molecule has 0 spiro atoms. The van der Waals surface area contributed by atoms with Gasteiger partial charge in [-0.3, -0.25) is 4.79 Å². The molecule has 0 bridgehead atoms. The van der Waals surface area contributed by atoms with Crippen LogP contribution in [-0.2, 0) is 17.8 Å². The van der Waals surface area contributed by atoms with Crippen LogP contribution in [-0.4, -0.2) is 38.1 Å². The molecule has 0 unspecified atom stereocenters. The molecule has 1 aliphatic rings. The van der Waals surface area contributed by atoms with Gasteiger partial charge in [0.25, 0.3) is 0 Å². The fourth-order valence-corrected chi connectivity index (χ4v) is 3.56. The van der Waals surface area contributed by atoms with Crippen LogP contribution in [0.5, 0.6) is 0 Å². The smallest absolute Gasteiger partial charge is 0.246 e. The van der Waals surface area contributed by atoms with Gasteiger partial charge in [0.2, 0.25) is 11.7 Å². The van der Waals surface area contributed by atoms with Crippen molar-refractivity contribution >= 4 is 5.91 Å². The summed E-state index contributed by atoms with van der Waals surface area (Å²) in [6, 6.07) is 14.2. The molecule has 1 heterocycles. The van der Waals surface area contributed by atoms with E-state index in [9.17, 15) is 9.18 Å². The quantitative estimate of drug-likeness (QED) is 0.713. The maximum atomic E-state index is 13.0. The summed E-state index contributed by atoms with van der Waals surface area (Å²) in [6.07, 6.45) is 3.07. The fourth-order valence-electron chi connectivity index (χ4n) is 3.56. The molecule has 0 fully saturated rings. The standard InChI is InChI=1S/C20H20FN5O/c1-25(18-8-4-6-14-5-2-3-7-17(14)18)19(27)13-26-23-20(22-24-26)15-9-11-16(21)12-10-15/h2-3,5,7,9-12,18H,4,6,8,13H2,1H3/t18-/m1/s1. The van der Waals surface area contributed by atoms with Gasteiger partial charge in [0.15, 0.2) is 0 Å². The van der Waals surface area contributed by atoms with Crippen LogP contribution in [0.15, 0.2) is 48.5 Å². The Kier molecular flexibility index (Phi) is 4.66. The van der Waals surface area contributed by atoms with Crippen LogP contribution in [0.25, 0.3) is 11.4 Å². The number of tetrazole rings is 1. The lowest BCUT2D eigenvalue weighted by Gasteiger charge is -2.33. The van der Waals surface area contributed by atoms with Crippen molar-refractivity contribution in [2.75, 3.05) is 7.05 Å². The Labute approximate surface area is 156 Å². The predicted octanol–water partition coefficient (Wildman–Crippen LogP) is 3.02. The average molecular weight is 365 g/mol. The van der Waals surface area contributed by atoms with E-state index in [1.165, 1.54) is 28.1 Å². The highest BCUT2D eigenvalue weighted by Crippen LogP contribution is 2.33. The topological polar surface area (TPSA) is 63.9 Å². The SMILES string of the molecule is CN(C(=O)Cn1nnc(-c2ccc(F)cc2)n1)[C@@H]1CCCc2ccccc21. The number of rotatable bonds is 4. The van der Waals surface area contributed by atoms with Crippen molar-refractivity contribution in [2.24, 2.45) is 0 Å². The van der Waals surface area contributed by atoms with Crippen LogP contribution in [0.1, 0.15) is 30.0 Å². The van der Waals surface area contributed by atoms with E-state index in [4.69, 9.17) is 0 Å². The first-order valence-corrected chi connectivity index (χ1v) is 8.99. The lowest BCUT2D eigenvalue weighted by Crippen LogP contribution is -2.36. The maximum absolute atomic E-state index is 13.0. The third-order valence-electron chi connectivity index (χ3n) is 5.03. The van der Waals surface area contributed by atoms with Gasteiger partial charge in [-0.15, -0.1) is 10.2 Å². The normalized spacial score (nSPS) is 16.0. The average Bonchev–Trinajstić information content (AvgIpc) is 3.16. The van der Waals surface area contributed by atoms with Crippen molar-refractivity contribution in [1.82, 2.24) is 25.1 Å². The van der Waals surface area contributed by atoms with Crippen LogP contribution in [0.4, 0.5) is 4.39 Å². The van der Waals surface area contributed by atoms with Crippen LogP contribution in [0, 0.1) is 5.82 Å². The van der Waals surface area contributed by atoms with Crippen molar-refractivity contribution in [3.63, 3.8) is 0 Å². The second kappa shape index (κ2) is 7.26. The second-order valence-corrected chi connectivity index (χ2v) is 6.76. The number of halogens is 1. The van der Waals surface area contributed by atoms with E-state index >= 15 is 0 Å². The Morgan fingerprint density at radius 3 is 2.81 bits per heavy atom. The van der Waals surface area contributed by atoms with Crippen LogP contribution < -0.4 is 0 Å². The number of aryl methyl sites for hydroxylation is 1. The van der Waals surface area contributed by atoms with Gasteiger partial charge in [-0.2, -0.15) is 4.80 Å². The van der Waals surface area contributed by atoms with Crippen molar-refractivity contribution < 1.29 is 9.18 Å². The molecule has 1 aromatic heterocycles. The first-order valence-electron chi connectivity index (χ1n) is 8.99. The minimum Gasteiger partial charge on any atom is -0.337 e. The third kappa shape index (κ3) is 3.58. The van der Waals surface area contributed by atoms with Crippen LogP contribution >= 0.6 is 0 Å². The number of likely N-dealkylation sites (N-methyl/N-ethyl adjacent to an activating group) is 1. The zero-order valence-corrected chi connectivity index (χ0v) is 15.0. The molecule has 0 N–H and O–H groups in total. The molecular formula is C20H20FN5O. The van der Waals surface area contributed by atoms with Gasteiger partial charge in [0.05, 0.1) is 6.04 Å². The summed E-state index contributed by atoms with van der Waals surface area (Å²) in [5.74, 6) is -0.0241. The zero-order chi connectivity index (χ0) is 18.8. The molecule has 0 aliphatic heterocycles. The molecule has 0 saturated heterocycles. The number of carbonyl (C=O) groups is 1. The first kappa shape index (κ1) is 17.3. The van der Waals surface area contributed by atoms with E-state index < -0.39 is 0 Å².